The van der Waals surface area contributed by atoms with E-state index in [0.29, 0.717) is 24.2 Å². The van der Waals surface area contributed by atoms with Crippen molar-refractivity contribution in [2.75, 3.05) is 13.7 Å². The Labute approximate surface area is 159 Å². The van der Waals surface area contributed by atoms with Gasteiger partial charge in [0.1, 0.15) is 0 Å². The van der Waals surface area contributed by atoms with Gasteiger partial charge in [0.2, 0.25) is 0 Å². The molecule has 1 aromatic carbocycles. The number of fused-ring (bicyclic) bond motifs is 1. The second kappa shape index (κ2) is 8.57. The number of carbonyl (C=O) groups is 1. The molecule has 2 aromatic rings. The number of hydrogen-bond donors (Lipinski definition) is 1. The number of aromatic nitrogens is 1. The molecule has 1 N–H and O–H groups in total. The lowest BCUT2D eigenvalue weighted by Crippen LogP contribution is -2.41. The average molecular weight is 372 g/mol. The summed E-state index contributed by atoms with van der Waals surface area (Å²) in [6, 6.07) is 7.74. The van der Waals surface area contributed by atoms with E-state index < -0.39 is 0 Å². The van der Waals surface area contributed by atoms with Crippen LogP contribution >= 0.6 is 0 Å². The molecule has 0 bridgehead atoms. The third-order valence-electron chi connectivity index (χ3n) is 5.46. The van der Waals surface area contributed by atoms with Gasteiger partial charge in [0, 0.05) is 35.2 Å². The Morgan fingerprint density at radius 3 is 2.63 bits per heavy atom. The molecule has 0 spiro atoms. The number of rotatable bonds is 5. The number of para-hydroxylation sites is 1. The number of benzene rings is 1. The molecule has 0 unspecified atom stereocenters. The Kier molecular flexibility index (Phi) is 6.16. The maximum atomic E-state index is 12.5. The van der Waals surface area contributed by atoms with Crippen LogP contribution in [-0.2, 0) is 16.1 Å². The lowest BCUT2D eigenvalue weighted by atomic mass is 9.92. The van der Waals surface area contributed by atoms with Gasteiger partial charge in [-0.1, -0.05) is 12.1 Å². The zero-order valence-electron chi connectivity index (χ0n) is 16.3. The second-order valence-corrected chi connectivity index (χ2v) is 7.15. The van der Waals surface area contributed by atoms with Crippen molar-refractivity contribution in [1.82, 2.24) is 9.88 Å². The first-order valence-electron chi connectivity index (χ1n) is 9.63. The van der Waals surface area contributed by atoms with E-state index in [1.54, 1.807) is 11.9 Å². The fourth-order valence-corrected chi connectivity index (χ4v) is 3.70. The van der Waals surface area contributed by atoms with Gasteiger partial charge in [-0.25, -0.2) is 4.79 Å². The van der Waals surface area contributed by atoms with E-state index in [0.717, 1.165) is 36.9 Å². The summed E-state index contributed by atoms with van der Waals surface area (Å²) in [6.07, 6.45) is 3.47. The number of nitrogens with zero attached hydrogens (tertiary/aromatic N) is 1. The third-order valence-corrected chi connectivity index (χ3v) is 5.46. The Morgan fingerprint density at radius 2 is 1.93 bits per heavy atom. The van der Waals surface area contributed by atoms with Crippen LogP contribution in [0.3, 0.4) is 0 Å². The Hall–Kier alpha value is -2.34. The number of H-pyrrole nitrogens is 1. The van der Waals surface area contributed by atoms with Gasteiger partial charge in [0.15, 0.2) is 5.43 Å². The SMILES string of the molecule is CCOC(=O)N(C)C1CCC(OCc2[nH]c3ccccc3c(=O)c2C)CC1. The molecule has 1 aromatic heterocycles. The number of amides is 1. The number of aromatic amines is 1. The molecule has 146 valence electrons. The quantitative estimate of drug-likeness (QED) is 0.868. The van der Waals surface area contributed by atoms with Crippen molar-refractivity contribution in [2.24, 2.45) is 0 Å². The van der Waals surface area contributed by atoms with Crippen molar-refractivity contribution < 1.29 is 14.3 Å². The van der Waals surface area contributed by atoms with Gasteiger partial charge >= 0.3 is 6.09 Å². The summed E-state index contributed by atoms with van der Waals surface area (Å²) >= 11 is 0. The molecule has 6 heteroatoms. The molecule has 1 heterocycles. The maximum Gasteiger partial charge on any atom is 0.409 e. The smallest absolute Gasteiger partial charge is 0.409 e. The van der Waals surface area contributed by atoms with E-state index in [1.807, 2.05) is 38.1 Å². The summed E-state index contributed by atoms with van der Waals surface area (Å²) in [5, 5.41) is 0.710. The predicted octanol–water partition coefficient (Wildman–Crippen LogP) is 3.75. The molecule has 0 aliphatic heterocycles. The molecule has 1 amide bonds. The van der Waals surface area contributed by atoms with Crippen molar-refractivity contribution in [2.45, 2.75) is 58.3 Å². The zero-order chi connectivity index (χ0) is 19.4. The molecule has 6 nitrogen and oxygen atoms in total. The molecule has 1 aliphatic carbocycles. The summed E-state index contributed by atoms with van der Waals surface area (Å²) in [5.74, 6) is 0. The zero-order valence-corrected chi connectivity index (χ0v) is 16.3. The van der Waals surface area contributed by atoms with E-state index in [4.69, 9.17) is 9.47 Å². The van der Waals surface area contributed by atoms with Crippen molar-refractivity contribution in [3.63, 3.8) is 0 Å². The van der Waals surface area contributed by atoms with Crippen molar-refractivity contribution in [3.8, 4) is 0 Å². The number of nitrogens with one attached hydrogen (secondary N) is 1. The largest absolute Gasteiger partial charge is 0.450 e. The highest BCUT2D eigenvalue weighted by Crippen LogP contribution is 2.26. The first kappa shape index (κ1) is 19.4. The molecule has 1 fully saturated rings. The van der Waals surface area contributed by atoms with Gasteiger partial charge in [-0.2, -0.15) is 0 Å². The minimum absolute atomic E-state index is 0.0581. The monoisotopic (exact) mass is 372 g/mol. The Morgan fingerprint density at radius 1 is 1.22 bits per heavy atom. The van der Waals surface area contributed by atoms with Crippen LogP contribution in [0.1, 0.15) is 43.9 Å². The fourth-order valence-electron chi connectivity index (χ4n) is 3.70. The van der Waals surface area contributed by atoms with Crippen LogP contribution in [0.25, 0.3) is 10.9 Å². The van der Waals surface area contributed by atoms with E-state index in [9.17, 15) is 9.59 Å². The van der Waals surface area contributed by atoms with Crippen LogP contribution in [0, 0.1) is 6.92 Å². The molecular formula is C21H28N2O4. The second-order valence-electron chi connectivity index (χ2n) is 7.15. The van der Waals surface area contributed by atoms with Gasteiger partial charge < -0.3 is 19.4 Å². The minimum atomic E-state index is -0.258. The first-order valence-corrected chi connectivity index (χ1v) is 9.63. The molecule has 0 saturated heterocycles. The Bertz CT molecular complexity index is 853. The standard InChI is InChI=1S/C21H28N2O4/c1-4-26-21(25)23(3)15-9-11-16(12-10-15)27-13-19-14(2)20(24)17-7-5-6-8-18(17)22-19/h5-8,15-16H,4,9-13H2,1-3H3,(H,22,24). The van der Waals surface area contributed by atoms with Crippen LogP contribution in [-0.4, -0.2) is 41.8 Å². The third kappa shape index (κ3) is 4.33. The fraction of sp³-hybridized carbons (Fsp3) is 0.524. The number of pyridine rings is 1. The number of ether oxygens (including phenoxy) is 2. The van der Waals surface area contributed by atoms with Crippen LogP contribution in [0.15, 0.2) is 29.1 Å². The van der Waals surface area contributed by atoms with Gasteiger partial charge in [-0.05, 0) is 51.7 Å². The van der Waals surface area contributed by atoms with E-state index in [2.05, 4.69) is 4.98 Å². The molecule has 27 heavy (non-hydrogen) atoms. The maximum absolute atomic E-state index is 12.5. The molecule has 0 radical (unpaired) electrons. The normalized spacial score (nSPS) is 19.8. The predicted molar refractivity (Wildman–Crippen MR) is 105 cm³/mol. The van der Waals surface area contributed by atoms with Crippen molar-refractivity contribution >= 4 is 17.0 Å². The number of hydrogen-bond acceptors (Lipinski definition) is 4. The number of carbonyl (C=O) groups excluding carboxylic acids is 1. The summed E-state index contributed by atoms with van der Waals surface area (Å²) in [6.45, 7) is 4.45. The highest BCUT2D eigenvalue weighted by atomic mass is 16.6. The summed E-state index contributed by atoms with van der Waals surface area (Å²) in [5.41, 5.74) is 2.45. The van der Waals surface area contributed by atoms with Crippen LogP contribution in [0.4, 0.5) is 4.79 Å². The molecule has 0 atom stereocenters. The lowest BCUT2D eigenvalue weighted by molar-refractivity contribution is -0.00140. The van der Waals surface area contributed by atoms with Gasteiger partial charge in [-0.3, -0.25) is 4.79 Å². The summed E-state index contributed by atoms with van der Waals surface area (Å²) < 4.78 is 11.2. The van der Waals surface area contributed by atoms with Crippen LogP contribution in [0.2, 0.25) is 0 Å². The molecule has 1 saturated carbocycles. The van der Waals surface area contributed by atoms with E-state index in [1.165, 1.54) is 0 Å². The average Bonchev–Trinajstić information content (AvgIpc) is 2.69. The van der Waals surface area contributed by atoms with Gasteiger partial charge in [0.05, 0.1) is 19.3 Å². The van der Waals surface area contributed by atoms with Crippen molar-refractivity contribution in [3.05, 3.63) is 45.7 Å². The van der Waals surface area contributed by atoms with E-state index in [-0.39, 0.29) is 23.7 Å². The highest BCUT2D eigenvalue weighted by Gasteiger charge is 2.27. The highest BCUT2D eigenvalue weighted by molar-refractivity contribution is 5.79. The lowest BCUT2D eigenvalue weighted by Gasteiger charge is -2.34. The van der Waals surface area contributed by atoms with Gasteiger partial charge in [-0.15, -0.1) is 0 Å². The van der Waals surface area contributed by atoms with Crippen LogP contribution in [0.5, 0.6) is 0 Å². The minimum Gasteiger partial charge on any atom is -0.450 e. The van der Waals surface area contributed by atoms with E-state index >= 15 is 0 Å². The topological polar surface area (TPSA) is 71.6 Å². The summed E-state index contributed by atoms with van der Waals surface area (Å²) in [7, 11) is 1.80. The first-order chi connectivity index (χ1) is 13.0. The molecule has 3 rings (SSSR count). The summed E-state index contributed by atoms with van der Waals surface area (Å²) in [4.78, 5) is 29.4. The van der Waals surface area contributed by atoms with Crippen molar-refractivity contribution in [1.29, 1.82) is 0 Å². The van der Waals surface area contributed by atoms with Crippen LogP contribution < -0.4 is 5.43 Å². The molecule has 1 aliphatic rings. The molecular weight excluding hydrogens is 344 g/mol. The van der Waals surface area contributed by atoms with Gasteiger partial charge in [0.25, 0.3) is 0 Å². The Balaban J connectivity index is 1.58.